The van der Waals surface area contributed by atoms with Gasteiger partial charge in [-0.1, -0.05) is 42.5 Å². The minimum absolute atomic E-state index is 0.317. The smallest absolute Gasteiger partial charge is 0.162 e. The first kappa shape index (κ1) is 21.3. The summed E-state index contributed by atoms with van der Waals surface area (Å²) in [6, 6.07) is 20.4. The third kappa shape index (κ3) is 4.71. The van der Waals surface area contributed by atoms with E-state index in [1.165, 1.54) is 5.56 Å². The Hall–Kier alpha value is -2.94. The van der Waals surface area contributed by atoms with E-state index in [1.807, 2.05) is 30.3 Å². The number of aromatic nitrogens is 5. The fraction of sp³-hybridized carbons (Fsp3) is 0.304. The van der Waals surface area contributed by atoms with Crippen molar-refractivity contribution < 1.29 is 4.74 Å². The van der Waals surface area contributed by atoms with Gasteiger partial charge in [-0.2, -0.15) is 0 Å². The molecule has 0 aliphatic carbocycles. The minimum atomic E-state index is -0.738. The number of hydrogen-bond donors (Lipinski definition) is 1. The zero-order valence-corrected chi connectivity index (χ0v) is 18.3. The molecule has 7 nitrogen and oxygen atoms in total. The maximum Gasteiger partial charge on any atom is 0.162 e. The summed E-state index contributed by atoms with van der Waals surface area (Å²) in [5.74, 6) is 0.377. The highest BCUT2D eigenvalue weighted by Crippen LogP contribution is 2.43. The lowest BCUT2D eigenvalue weighted by atomic mass is 9.76. The molecule has 2 N–H and O–H groups in total. The Balaban J connectivity index is 1.80. The van der Waals surface area contributed by atoms with Crippen LogP contribution in [0.1, 0.15) is 34.3 Å². The van der Waals surface area contributed by atoms with Gasteiger partial charge in [0.25, 0.3) is 0 Å². The molecule has 3 aromatic heterocycles. The molecule has 0 saturated heterocycles. The summed E-state index contributed by atoms with van der Waals surface area (Å²) in [6.45, 7) is 1.05. The number of ether oxygens (including phenoxy) is 1. The number of aryl methyl sites for hydroxylation is 1. The maximum atomic E-state index is 7.31. The molecule has 0 saturated carbocycles. The Labute approximate surface area is 185 Å². The third-order valence-corrected chi connectivity index (χ3v) is 6.54. The molecule has 0 spiro atoms. The Morgan fingerprint density at radius 1 is 1.10 bits per heavy atom. The monoisotopic (exact) mass is 434 g/mol. The molecule has 4 rings (SSSR count). The number of thiophene rings is 1. The van der Waals surface area contributed by atoms with E-state index in [4.69, 9.17) is 10.5 Å². The zero-order valence-electron chi connectivity index (χ0n) is 17.5. The van der Waals surface area contributed by atoms with Gasteiger partial charge in [-0.05, 0) is 52.4 Å². The summed E-state index contributed by atoms with van der Waals surface area (Å²) in [7, 11) is 1.67. The highest BCUT2D eigenvalue weighted by molar-refractivity contribution is 7.10. The van der Waals surface area contributed by atoms with Crippen LogP contribution in [0.4, 0.5) is 0 Å². The lowest BCUT2D eigenvalue weighted by Crippen LogP contribution is -2.44. The first-order valence-corrected chi connectivity index (χ1v) is 11.1. The molecule has 0 aliphatic heterocycles. The molecule has 8 heteroatoms. The van der Waals surface area contributed by atoms with Crippen LogP contribution in [-0.4, -0.2) is 38.9 Å². The van der Waals surface area contributed by atoms with Gasteiger partial charge in [-0.25, -0.2) is 4.68 Å². The van der Waals surface area contributed by atoms with E-state index in [0.29, 0.717) is 19.0 Å². The molecule has 2 unspecified atom stereocenters. The zero-order chi connectivity index (χ0) is 21.5. The second-order valence-electron chi connectivity index (χ2n) is 7.44. The molecule has 31 heavy (non-hydrogen) atoms. The fourth-order valence-corrected chi connectivity index (χ4v) is 4.78. The van der Waals surface area contributed by atoms with E-state index >= 15 is 0 Å². The average molecular weight is 435 g/mol. The van der Waals surface area contributed by atoms with Crippen LogP contribution in [0.2, 0.25) is 0 Å². The van der Waals surface area contributed by atoms with Crippen molar-refractivity contribution in [3.63, 3.8) is 0 Å². The molecule has 3 heterocycles. The van der Waals surface area contributed by atoms with Crippen LogP contribution in [-0.2, 0) is 23.2 Å². The van der Waals surface area contributed by atoms with Crippen molar-refractivity contribution in [2.75, 3.05) is 13.7 Å². The molecule has 0 fully saturated rings. The Morgan fingerprint density at radius 3 is 2.65 bits per heavy atom. The molecule has 0 bridgehead atoms. The topological polar surface area (TPSA) is 91.7 Å². The number of nitrogens with zero attached hydrogens (tertiary/aromatic N) is 5. The Morgan fingerprint density at radius 2 is 1.94 bits per heavy atom. The summed E-state index contributed by atoms with van der Waals surface area (Å²) in [5, 5.41) is 14.6. The van der Waals surface area contributed by atoms with Gasteiger partial charge >= 0.3 is 0 Å². The molecule has 2 atom stereocenters. The summed E-state index contributed by atoms with van der Waals surface area (Å²) < 4.78 is 7.04. The lowest BCUT2D eigenvalue weighted by molar-refractivity contribution is 0.180. The number of nitrogens with two attached hydrogens (primary N) is 1. The average Bonchev–Trinajstić information content (AvgIpc) is 3.51. The summed E-state index contributed by atoms with van der Waals surface area (Å²) in [6.07, 6.45) is 3.34. The van der Waals surface area contributed by atoms with Gasteiger partial charge < -0.3 is 10.5 Å². The Bertz CT molecular complexity index is 1050. The van der Waals surface area contributed by atoms with Crippen molar-refractivity contribution in [1.82, 2.24) is 25.2 Å². The summed E-state index contributed by atoms with van der Waals surface area (Å²) in [5.41, 5.74) is 8.66. The normalized spacial score (nSPS) is 14.3. The van der Waals surface area contributed by atoms with E-state index in [2.05, 4.69) is 56.2 Å². The van der Waals surface area contributed by atoms with E-state index in [1.54, 1.807) is 29.3 Å². The van der Waals surface area contributed by atoms with Crippen LogP contribution in [0.15, 0.2) is 72.2 Å². The van der Waals surface area contributed by atoms with Crippen molar-refractivity contribution in [1.29, 1.82) is 0 Å². The SMILES string of the molecule is COCCn1nnnc1C(c1ccccn1)C(N)(CCc1ccccc1)c1cccs1. The highest BCUT2D eigenvalue weighted by atomic mass is 32.1. The van der Waals surface area contributed by atoms with Crippen molar-refractivity contribution in [2.24, 2.45) is 5.73 Å². The second kappa shape index (κ2) is 9.91. The van der Waals surface area contributed by atoms with Crippen LogP contribution in [0.3, 0.4) is 0 Å². The third-order valence-electron chi connectivity index (χ3n) is 5.47. The maximum absolute atomic E-state index is 7.31. The summed E-state index contributed by atoms with van der Waals surface area (Å²) in [4.78, 5) is 5.76. The van der Waals surface area contributed by atoms with Crippen LogP contribution < -0.4 is 5.73 Å². The van der Waals surface area contributed by atoms with Gasteiger partial charge in [0.2, 0.25) is 0 Å². The molecule has 1 aromatic carbocycles. The number of pyridine rings is 1. The van der Waals surface area contributed by atoms with Crippen LogP contribution in [0.5, 0.6) is 0 Å². The molecule has 4 aromatic rings. The molecular formula is C23H26N6OS. The highest BCUT2D eigenvalue weighted by Gasteiger charge is 2.43. The van der Waals surface area contributed by atoms with E-state index in [0.717, 1.165) is 23.4 Å². The van der Waals surface area contributed by atoms with Crippen molar-refractivity contribution in [3.8, 4) is 0 Å². The van der Waals surface area contributed by atoms with Crippen LogP contribution in [0, 0.1) is 0 Å². The molecule has 0 amide bonds. The van der Waals surface area contributed by atoms with Gasteiger partial charge in [0, 0.05) is 18.2 Å². The molecule has 0 radical (unpaired) electrons. The van der Waals surface area contributed by atoms with Crippen LogP contribution >= 0.6 is 11.3 Å². The van der Waals surface area contributed by atoms with E-state index < -0.39 is 5.54 Å². The van der Waals surface area contributed by atoms with Crippen molar-refractivity contribution >= 4 is 11.3 Å². The molecule has 0 aliphatic rings. The van der Waals surface area contributed by atoms with Gasteiger partial charge in [0.1, 0.15) is 0 Å². The number of methoxy groups -OCH3 is 1. The minimum Gasteiger partial charge on any atom is -0.383 e. The quantitative estimate of drug-likeness (QED) is 0.411. The largest absolute Gasteiger partial charge is 0.383 e. The van der Waals surface area contributed by atoms with Gasteiger partial charge in [-0.15, -0.1) is 16.4 Å². The van der Waals surface area contributed by atoms with E-state index in [9.17, 15) is 0 Å². The van der Waals surface area contributed by atoms with Crippen molar-refractivity contribution in [2.45, 2.75) is 30.8 Å². The van der Waals surface area contributed by atoms with Gasteiger partial charge in [0.15, 0.2) is 5.82 Å². The van der Waals surface area contributed by atoms with Gasteiger partial charge in [-0.3, -0.25) is 4.98 Å². The number of benzene rings is 1. The standard InChI is InChI=1S/C23H26N6OS/c1-30-16-15-29-22(26-27-28-29)21(19-10-5-6-14-25-19)23(24,20-11-7-17-31-20)13-12-18-8-3-2-4-9-18/h2-11,14,17,21H,12-13,15-16,24H2,1H3. The second-order valence-corrected chi connectivity index (χ2v) is 8.39. The molecule has 160 valence electrons. The predicted molar refractivity (Wildman–Crippen MR) is 121 cm³/mol. The summed E-state index contributed by atoms with van der Waals surface area (Å²) >= 11 is 1.65. The van der Waals surface area contributed by atoms with Crippen molar-refractivity contribution in [3.05, 3.63) is 94.2 Å². The fourth-order valence-electron chi connectivity index (χ4n) is 3.88. The molecular weight excluding hydrogens is 408 g/mol. The van der Waals surface area contributed by atoms with Crippen LogP contribution in [0.25, 0.3) is 0 Å². The Kier molecular flexibility index (Phi) is 6.81. The van der Waals surface area contributed by atoms with E-state index in [-0.39, 0.29) is 5.92 Å². The lowest BCUT2D eigenvalue weighted by Gasteiger charge is -2.36. The number of rotatable bonds is 10. The van der Waals surface area contributed by atoms with Gasteiger partial charge in [0.05, 0.1) is 30.3 Å². The number of tetrazole rings is 1. The first-order chi connectivity index (χ1) is 15.2. The first-order valence-electron chi connectivity index (χ1n) is 10.2. The number of hydrogen-bond acceptors (Lipinski definition) is 7. The predicted octanol–water partition coefficient (Wildman–Crippen LogP) is 3.39.